The predicted molar refractivity (Wildman–Crippen MR) is 137 cm³/mol. The average Bonchev–Trinajstić information content (AvgIpc) is 3.23. The molecule has 0 heterocycles. The van der Waals surface area contributed by atoms with Crippen LogP contribution in [0, 0.1) is 5.41 Å². The number of carbonyl (C=O) groups excluding carboxylic acids is 3. The number of unbranched alkanes of at least 4 members (excludes halogenated alkanes) is 1. The summed E-state index contributed by atoms with van der Waals surface area (Å²) in [5.41, 5.74) is -0.271. The van der Waals surface area contributed by atoms with Crippen LogP contribution in [-0.2, 0) is 20.7 Å². The Bertz CT molecular complexity index is 1170. The molecule has 0 N–H and O–H groups in total. The number of fused-ring (bicyclic) bond motifs is 1. The number of ketones is 1. The molecule has 38 heavy (non-hydrogen) atoms. The minimum absolute atomic E-state index is 0.0791. The van der Waals surface area contributed by atoms with E-state index in [1.54, 1.807) is 31.2 Å². The van der Waals surface area contributed by atoms with Gasteiger partial charge < -0.3 is 33.2 Å². The molecule has 2 aromatic carbocycles. The standard InChI is InChI=1S/C28H34O10/c1-7-37-27(31)28(14-8-9-15-38-18-12-10-17(11-13-18)26(30)36-6)16-19-20(25(28)29)22(33-3)24(35-5)23(34-4)21(19)32-2/h10-13H,7-9,14-16H2,1-6H3. The van der Waals surface area contributed by atoms with Crippen LogP contribution in [0.3, 0.4) is 0 Å². The van der Waals surface area contributed by atoms with Crippen LogP contribution in [0.1, 0.15) is 52.5 Å². The Morgan fingerprint density at radius 3 is 2.00 bits per heavy atom. The molecule has 0 saturated carbocycles. The van der Waals surface area contributed by atoms with E-state index >= 15 is 0 Å². The molecule has 206 valence electrons. The summed E-state index contributed by atoms with van der Waals surface area (Å²) in [7, 11) is 7.12. The first kappa shape index (κ1) is 28.6. The van der Waals surface area contributed by atoms with Crippen LogP contribution in [0.15, 0.2) is 24.3 Å². The highest BCUT2D eigenvalue weighted by Crippen LogP contribution is 2.56. The van der Waals surface area contributed by atoms with E-state index < -0.39 is 23.1 Å². The summed E-state index contributed by atoms with van der Waals surface area (Å²) in [5.74, 6) is 0.176. The van der Waals surface area contributed by atoms with E-state index in [0.717, 1.165) is 0 Å². The van der Waals surface area contributed by atoms with Gasteiger partial charge >= 0.3 is 11.9 Å². The lowest BCUT2D eigenvalue weighted by Crippen LogP contribution is -2.39. The number of benzene rings is 2. The summed E-state index contributed by atoms with van der Waals surface area (Å²) in [5, 5.41) is 0. The molecule has 0 spiro atoms. The van der Waals surface area contributed by atoms with Gasteiger partial charge in [0.05, 0.1) is 59.9 Å². The summed E-state index contributed by atoms with van der Waals surface area (Å²) >= 11 is 0. The van der Waals surface area contributed by atoms with Gasteiger partial charge in [-0.1, -0.05) is 0 Å². The van der Waals surface area contributed by atoms with E-state index in [0.29, 0.717) is 42.1 Å². The number of Topliss-reactive ketones (excluding diaryl/α,β-unsaturated/α-hetero) is 1. The second-order valence-corrected chi connectivity index (χ2v) is 8.62. The Hall–Kier alpha value is -3.95. The highest BCUT2D eigenvalue weighted by atomic mass is 16.5. The van der Waals surface area contributed by atoms with Gasteiger partial charge in [0, 0.05) is 12.0 Å². The van der Waals surface area contributed by atoms with Crippen molar-refractivity contribution in [1.29, 1.82) is 0 Å². The fourth-order valence-corrected chi connectivity index (χ4v) is 4.78. The van der Waals surface area contributed by atoms with Gasteiger partial charge in [0.25, 0.3) is 0 Å². The zero-order chi connectivity index (χ0) is 27.9. The van der Waals surface area contributed by atoms with Crippen LogP contribution in [0.5, 0.6) is 28.7 Å². The number of methoxy groups -OCH3 is 5. The SMILES string of the molecule is CCOC(=O)C1(CCCCOc2ccc(C(=O)OC)cc2)Cc2c(OC)c(OC)c(OC)c(OC)c2C1=O. The van der Waals surface area contributed by atoms with Crippen LogP contribution in [-0.4, -0.2) is 66.5 Å². The van der Waals surface area contributed by atoms with Gasteiger partial charge in [0.15, 0.2) is 17.3 Å². The van der Waals surface area contributed by atoms with Crippen molar-refractivity contribution in [2.45, 2.75) is 32.6 Å². The van der Waals surface area contributed by atoms with Crippen molar-refractivity contribution < 1.29 is 47.5 Å². The Balaban J connectivity index is 1.82. The number of rotatable bonds is 13. The van der Waals surface area contributed by atoms with Gasteiger partial charge in [-0.05, 0) is 50.5 Å². The lowest BCUT2D eigenvalue weighted by Gasteiger charge is -2.25. The van der Waals surface area contributed by atoms with Gasteiger partial charge in [-0.2, -0.15) is 0 Å². The fourth-order valence-electron chi connectivity index (χ4n) is 4.78. The molecule has 0 amide bonds. The van der Waals surface area contributed by atoms with Crippen LogP contribution < -0.4 is 23.7 Å². The lowest BCUT2D eigenvalue weighted by atomic mass is 9.78. The summed E-state index contributed by atoms with van der Waals surface area (Å²) in [4.78, 5) is 38.8. The van der Waals surface area contributed by atoms with Gasteiger partial charge in [0.2, 0.25) is 11.5 Å². The monoisotopic (exact) mass is 530 g/mol. The summed E-state index contributed by atoms with van der Waals surface area (Å²) < 4.78 is 38.0. The van der Waals surface area contributed by atoms with Crippen molar-refractivity contribution in [1.82, 2.24) is 0 Å². The van der Waals surface area contributed by atoms with Crippen molar-refractivity contribution in [3.05, 3.63) is 41.0 Å². The molecule has 1 unspecified atom stereocenters. The van der Waals surface area contributed by atoms with Crippen LogP contribution in [0.2, 0.25) is 0 Å². The Kier molecular flexibility index (Phi) is 9.44. The van der Waals surface area contributed by atoms with Crippen molar-refractivity contribution in [3.63, 3.8) is 0 Å². The highest BCUT2D eigenvalue weighted by molar-refractivity contribution is 6.18. The van der Waals surface area contributed by atoms with Crippen molar-refractivity contribution >= 4 is 17.7 Å². The first-order chi connectivity index (χ1) is 18.3. The fraction of sp³-hybridized carbons (Fsp3) is 0.464. The van der Waals surface area contributed by atoms with Crippen LogP contribution >= 0.6 is 0 Å². The molecule has 2 aromatic rings. The number of carbonyl (C=O) groups is 3. The molecule has 0 saturated heterocycles. The van der Waals surface area contributed by atoms with E-state index in [1.165, 1.54) is 35.5 Å². The zero-order valence-corrected chi connectivity index (χ0v) is 22.6. The van der Waals surface area contributed by atoms with E-state index in [-0.39, 0.29) is 42.3 Å². The van der Waals surface area contributed by atoms with Crippen LogP contribution in [0.4, 0.5) is 0 Å². The van der Waals surface area contributed by atoms with Crippen LogP contribution in [0.25, 0.3) is 0 Å². The largest absolute Gasteiger partial charge is 0.494 e. The molecular formula is C28H34O10. The molecule has 1 atom stereocenters. The summed E-state index contributed by atoms with van der Waals surface area (Å²) in [6.45, 7) is 2.19. The van der Waals surface area contributed by atoms with Gasteiger partial charge in [-0.25, -0.2) is 4.79 Å². The molecule has 0 aliphatic heterocycles. The minimum Gasteiger partial charge on any atom is -0.494 e. The molecule has 1 aliphatic carbocycles. The lowest BCUT2D eigenvalue weighted by molar-refractivity contribution is -0.152. The molecule has 0 aromatic heterocycles. The Labute approximate surface area is 222 Å². The highest BCUT2D eigenvalue weighted by Gasteiger charge is 2.55. The number of hydrogen-bond donors (Lipinski definition) is 0. The molecule has 0 radical (unpaired) electrons. The number of ether oxygens (including phenoxy) is 7. The Morgan fingerprint density at radius 2 is 1.45 bits per heavy atom. The summed E-state index contributed by atoms with van der Waals surface area (Å²) in [6, 6.07) is 6.61. The number of hydrogen-bond acceptors (Lipinski definition) is 10. The first-order valence-electron chi connectivity index (χ1n) is 12.2. The van der Waals surface area contributed by atoms with Gasteiger partial charge in [-0.3, -0.25) is 9.59 Å². The maximum Gasteiger partial charge on any atom is 0.337 e. The van der Waals surface area contributed by atoms with E-state index in [1.807, 2.05) is 0 Å². The molecular weight excluding hydrogens is 496 g/mol. The van der Waals surface area contributed by atoms with E-state index in [9.17, 15) is 14.4 Å². The molecule has 3 rings (SSSR count). The average molecular weight is 531 g/mol. The maximum atomic E-state index is 13.9. The topological polar surface area (TPSA) is 116 Å². The normalized spacial score (nSPS) is 15.9. The smallest absolute Gasteiger partial charge is 0.337 e. The van der Waals surface area contributed by atoms with Crippen molar-refractivity contribution in [3.8, 4) is 28.7 Å². The van der Waals surface area contributed by atoms with Crippen molar-refractivity contribution in [2.24, 2.45) is 5.41 Å². The van der Waals surface area contributed by atoms with Gasteiger partial charge in [-0.15, -0.1) is 0 Å². The van der Waals surface area contributed by atoms with E-state index in [2.05, 4.69) is 0 Å². The Morgan fingerprint density at radius 1 is 0.842 bits per heavy atom. The third-order valence-corrected chi connectivity index (χ3v) is 6.59. The first-order valence-corrected chi connectivity index (χ1v) is 12.2. The molecule has 0 fully saturated rings. The minimum atomic E-state index is -1.45. The maximum absolute atomic E-state index is 13.9. The number of esters is 2. The predicted octanol–water partition coefficient (Wildman–Crippen LogP) is 4.05. The molecule has 10 nitrogen and oxygen atoms in total. The molecule has 0 bridgehead atoms. The zero-order valence-electron chi connectivity index (χ0n) is 22.6. The molecule has 10 heteroatoms. The second-order valence-electron chi connectivity index (χ2n) is 8.62. The molecule has 1 aliphatic rings. The van der Waals surface area contributed by atoms with E-state index in [4.69, 9.17) is 33.2 Å². The van der Waals surface area contributed by atoms with Crippen molar-refractivity contribution in [2.75, 3.05) is 48.8 Å². The third kappa shape index (κ3) is 5.20. The van der Waals surface area contributed by atoms with Gasteiger partial charge in [0.1, 0.15) is 11.2 Å². The summed E-state index contributed by atoms with van der Waals surface area (Å²) in [6.07, 6.45) is 1.40. The third-order valence-electron chi connectivity index (χ3n) is 6.59. The second kappa shape index (κ2) is 12.5. The quantitative estimate of drug-likeness (QED) is 0.213.